The van der Waals surface area contributed by atoms with Crippen molar-refractivity contribution in [1.82, 2.24) is 24.7 Å². The van der Waals surface area contributed by atoms with Crippen molar-refractivity contribution in [3.8, 4) is 5.69 Å². The SMILES string of the molecule is CCc1nn(-c2c(Cl)cc(Cl)cc2Cl)c2nc(Cc3cccnc3)[nH]c(=O)c12. The lowest BCUT2D eigenvalue weighted by atomic mass is 10.2. The van der Waals surface area contributed by atoms with Crippen molar-refractivity contribution >= 4 is 45.8 Å². The highest BCUT2D eigenvalue weighted by Gasteiger charge is 2.20. The number of hydrogen-bond acceptors (Lipinski definition) is 4. The zero-order chi connectivity index (χ0) is 19.8. The van der Waals surface area contributed by atoms with Gasteiger partial charge in [-0.05, 0) is 30.2 Å². The van der Waals surface area contributed by atoms with Crippen LogP contribution in [0.5, 0.6) is 0 Å². The quantitative estimate of drug-likeness (QED) is 0.508. The van der Waals surface area contributed by atoms with Crippen LogP contribution in [0.15, 0.2) is 41.5 Å². The topological polar surface area (TPSA) is 76.5 Å². The summed E-state index contributed by atoms with van der Waals surface area (Å²) in [6, 6.07) is 6.90. The summed E-state index contributed by atoms with van der Waals surface area (Å²) in [5.41, 5.74) is 2.11. The highest BCUT2D eigenvalue weighted by atomic mass is 35.5. The first-order valence-corrected chi connectivity index (χ1v) is 9.66. The van der Waals surface area contributed by atoms with Crippen molar-refractivity contribution in [2.24, 2.45) is 0 Å². The minimum absolute atomic E-state index is 0.256. The Bertz CT molecular complexity index is 1210. The van der Waals surface area contributed by atoms with Gasteiger partial charge in [0.25, 0.3) is 5.56 Å². The van der Waals surface area contributed by atoms with Crippen molar-refractivity contribution < 1.29 is 0 Å². The van der Waals surface area contributed by atoms with E-state index in [1.807, 2.05) is 19.1 Å². The van der Waals surface area contributed by atoms with Crippen molar-refractivity contribution in [2.45, 2.75) is 19.8 Å². The third-order valence-corrected chi connectivity index (χ3v) is 5.08. The minimum atomic E-state index is -0.256. The number of benzene rings is 1. The molecule has 1 N–H and O–H groups in total. The van der Waals surface area contributed by atoms with Gasteiger partial charge in [-0.1, -0.05) is 47.8 Å². The van der Waals surface area contributed by atoms with Gasteiger partial charge in [0.2, 0.25) is 0 Å². The molecule has 9 heteroatoms. The monoisotopic (exact) mass is 433 g/mol. The average Bonchev–Trinajstić information content (AvgIpc) is 3.01. The molecule has 0 aliphatic heterocycles. The fourth-order valence-corrected chi connectivity index (χ4v) is 4.04. The van der Waals surface area contributed by atoms with Gasteiger partial charge in [-0.2, -0.15) is 5.10 Å². The molecular weight excluding hydrogens is 421 g/mol. The van der Waals surface area contributed by atoms with E-state index in [4.69, 9.17) is 34.8 Å². The third-order valence-electron chi connectivity index (χ3n) is 4.28. The lowest BCUT2D eigenvalue weighted by Gasteiger charge is -2.09. The summed E-state index contributed by atoms with van der Waals surface area (Å²) in [7, 11) is 0. The van der Waals surface area contributed by atoms with E-state index in [1.165, 1.54) is 4.68 Å². The first-order chi connectivity index (χ1) is 13.5. The summed E-state index contributed by atoms with van der Waals surface area (Å²) in [5.74, 6) is 0.496. The lowest BCUT2D eigenvalue weighted by molar-refractivity contribution is 0.848. The number of halogens is 3. The molecule has 4 aromatic rings. The smallest absolute Gasteiger partial charge is 0.262 e. The number of nitrogens with zero attached hydrogens (tertiary/aromatic N) is 4. The van der Waals surface area contributed by atoms with Crippen LogP contribution in [0.25, 0.3) is 16.7 Å². The molecule has 3 aromatic heterocycles. The molecule has 0 radical (unpaired) electrons. The van der Waals surface area contributed by atoms with Gasteiger partial charge in [0.05, 0.1) is 15.7 Å². The van der Waals surface area contributed by atoms with E-state index < -0.39 is 0 Å². The lowest BCUT2D eigenvalue weighted by Crippen LogP contribution is -2.13. The summed E-state index contributed by atoms with van der Waals surface area (Å²) in [4.78, 5) is 24.4. The van der Waals surface area contributed by atoms with E-state index >= 15 is 0 Å². The molecule has 0 atom stereocenters. The largest absolute Gasteiger partial charge is 0.310 e. The normalized spacial score (nSPS) is 11.3. The Morgan fingerprint density at radius 2 is 1.93 bits per heavy atom. The van der Waals surface area contributed by atoms with E-state index in [0.29, 0.717) is 56.1 Å². The molecule has 0 saturated carbocycles. The average molecular weight is 435 g/mol. The van der Waals surface area contributed by atoms with E-state index in [2.05, 4.69) is 20.1 Å². The van der Waals surface area contributed by atoms with E-state index in [-0.39, 0.29) is 5.56 Å². The molecule has 4 rings (SSSR count). The summed E-state index contributed by atoms with van der Waals surface area (Å²) in [6.07, 6.45) is 4.40. The Morgan fingerprint density at radius 1 is 1.18 bits per heavy atom. The number of nitrogens with one attached hydrogen (secondary N) is 1. The van der Waals surface area contributed by atoms with Gasteiger partial charge in [0, 0.05) is 23.8 Å². The summed E-state index contributed by atoms with van der Waals surface area (Å²) in [6.45, 7) is 1.92. The summed E-state index contributed by atoms with van der Waals surface area (Å²) >= 11 is 18.8. The van der Waals surface area contributed by atoms with Crippen LogP contribution in [-0.2, 0) is 12.8 Å². The van der Waals surface area contributed by atoms with Gasteiger partial charge in [0.15, 0.2) is 5.65 Å². The van der Waals surface area contributed by atoms with Crippen molar-refractivity contribution in [3.05, 3.63) is 79.2 Å². The molecule has 0 spiro atoms. The molecule has 0 aliphatic rings. The molecule has 28 heavy (non-hydrogen) atoms. The zero-order valence-corrected chi connectivity index (χ0v) is 17.0. The van der Waals surface area contributed by atoms with Crippen LogP contribution in [0, 0.1) is 0 Å². The number of rotatable bonds is 4. The number of H-pyrrole nitrogens is 1. The summed E-state index contributed by atoms with van der Waals surface area (Å²) in [5, 5.41) is 6.02. The number of pyridine rings is 1. The fourth-order valence-electron chi connectivity index (χ4n) is 3.06. The van der Waals surface area contributed by atoms with Gasteiger partial charge in [-0.25, -0.2) is 9.67 Å². The molecule has 0 aliphatic carbocycles. The number of aryl methyl sites for hydroxylation is 1. The van der Waals surface area contributed by atoms with Gasteiger partial charge < -0.3 is 4.98 Å². The Hall–Kier alpha value is -2.41. The van der Waals surface area contributed by atoms with E-state index in [9.17, 15) is 4.79 Å². The van der Waals surface area contributed by atoms with Crippen LogP contribution in [0.3, 0.4) is 0 Å². The van der Waals surface area contributed by atoms with Crippen LogP contribution in [0.1, 0.15) is 24.0 Å². The molecular formula is C19H14Cl3N5O. The second-order valence-electron chi connectivity index (χ2n) is 6.18. The van der Waals surface area contributed by atoms with Gasteiger partial charge in [-0.15, -0.1) is 0 Å². The molecule has 0 saturated heterocycles. The molecule has 3 heterocycles. The van der Waals surface area contributed by atoms with E-state index in [0.717, 1.165) is 5.56 Å². The maximum Gasteiger partial charge on any atom is 0.262 e. The van der Waals surface area contributed by atoms with Crippen LogP contribution in [-0.4, -0.2) is 24.7 Å². The Labute approximate surface area is 175 Å². The fraction of sp³-hybridized carbons (Fsp3) is 0.158. The molecule has 142 valence electrons. The molecule has 0 bridgehead atoms. The Balaban J connectivity index is 1.96. The molecule has 1 aromatic carbocycles. The van der Waals surface area contributed by atoms with E-state index in [1.54, 1.807) is 24.5 Å². The Kier molecular flexibility index (Phi) is 5.10. The maximum absolute atomic E-state index is 12.8. The highest BCUT2D eigenvalue weighted by molar-refractivity contribution is 6.40. The first-order valence-electron chi connectivity index (χ1n) is 8.52. The Morgan fingerprint density at radius 3 is 2.57 bits per heavy atom. The van der Waals surface area contributed by atoms with Crippen molar-refractivity contribution in [3.63, 3.8) is 0 Å². The molecule has 0 fully saturated rings. The standard InChI is InChI=1S/C19H14Cl3N5O/c1-2-14-16-18(27(26-14)17-12(21)7-11(20)8-13(17)22)24-15(25-19(16)28)6-10-4-3-5-23-9-10/h3-5,7-9H,2,6H2,1H3,(H,24,25,28). The molecule has 0 amide bonds. The van der Waals surface area contributed by atoms with Gasteiger partial charge >= 0.3 is 0 Å². The predicted octanol–water partition coefficient (Wildman–Crippen LogP) is 4.62. The van der Waals surface area contributed by atoms with Crippen molar-refractivity contribution in [2.75, 3.05) is 0 Å². The number of fused-ring (bicyclic) bond motifs is 1. The van der Waals surface area contributed by atoms with Gasteiger partial charge in [0.1, 0.15) is 16.9 Å². The first kappa shape index (κ1) is 18.9. The third kappa shape index (κ3) is 3.39. The van der Waals surface area contributed by atoms with Crippen LogP contribution in [0.4, 0.5) is 0 Å². The predicted molar refractivity (Wildman–Crippen MR) is 111 cm³/mol. The zero-order valence-electron chi connectivity index (χ0n) is 14.7. The summed E-state index contributed by atoms with van der Waals surface area (Å²) < 4.78 is 1.51. The highest BCUT2D eigenvalue weighted by Crippen LogP contribution is 2.33. The molecule has 0 unspecified atom stereocenters. The number of aromatic amines is 1. The van der Waals surface area contributed by atoms with Crippen LogP contribution in [0.2, 0.25) is 15.1 Å². The van der Waals surface area contributed by atoms with Crippen LogP contribution >= 0.6 is 34.8 Å². The maximum atomic E-state index is 12.8. The van der Waals surface area contributed by atoms with Crippen molar-refractivity contribution in [1.29, 1.82) is 0 Å². The second-order valence-corrected chi connectivity index (χ2v) is 7.43. The minimum Gasteiger partial charge on any atom is -0.310 e. The second kappa shape index (κ2) is 7.54. The van der Waals surface area contributed by atoms with Gasteiger partial charge in [-0.3, -0.25) is 9.78 Å². The molecule has 6 nitrogen and oxygen atoms in total. The van der Waals surface area contributed by atoms with Crippen LogP contribution < -0.4 is 5.56 Å². The number of aromatic nitrogens is 5. The number of hydrogen-bond donors (Lipinski definition) is 1.